The number of phenols is 1. The normalized spacial score (nSPS) is 23.0. The Morgan fingerprint density at radius 1 is 1.38 bits per heavy atom. The standard InChI is InChI=1S/C20H22N4O4S/c1-3-13-11-29-20-22-17(14-7-5-6-8-21-14)18(23(13)20)12-9-15(24(26)27)19(25)16(10-12)28-4-2/h5-10,13,17-18,25H,3-4,11H2,1-2H3. The van der Waals surface area contributed by atoms with Crippen LogP contribution in [0.4, 0.5) is 5.69 Å². The first-order valence-electron chi connectivity index (χ1n) is 9.59. The van der Waals surface area contributed by atoms with Gasteiger partial charge in [-0.1, -0.05) is 24.8 Å². The summed E-state index contributed by atoms with van der Waals surface area (Å²) in [5, 5.41) is 22.8. The molecule has 9 heteroatoms. The largest absolute Gasteiger partial charge is 0.500 e. The van der Waals surface area contributed by atoms with E-state index < -0.39 is 10.7 Å². The predicted octanol–water partition coefficient (Wildman–Crippen LogP) is 4.07. The number of pyridine rings is 1. The number of hydrogen-bond acceptors (Lipinski definition) is 8. The van der Waals surface area contributed by atoms with Crippen LogP contribution in [0, 0.1) is 10.1 Å². The molecule has 0 amide bonds. The van der Waals surface area contributed by atoms with Gasteiger partial charge in [-0.15, -0.1) is 0 Å². The molecule has 3 heterocycles. The fraction of sp³-hybridized carbons (Fsp3) is 0.400. The van der Waals surface area contributed by atoms with E-state index in [1.165, 1.54) is 6.07 Å². The Kier molecular flexibility index (Phi) is 5.31. The lowest BCUT2D eigenvalue weighted by Crippen LogP contribution is -2.35. The van der Waals surface area contributed by atoms with Crippen molar-refractivity contribution >= 4 is 22.6 Å². The quantitative estimate of drug-likeness (QED) is 0.561. The molecule has 1 aromatic heterocycles. The number of aromatic hydroxyl groups is 1. The second-order valence-electron chi connectivity index (χ2n) is 6.91. The first kappa shape index (κ1) is 19.5. The molecule has 1 N–H and O–H groups in total. The van der Waals surface area contributed by atoms with E-state index in [0.29, 0.717) is 12.2 Å². The lowest BCUT2D eigenvalue weighted by Gasteiger charge is -2.32. The molecule has 3 unspecified atom stereocenters. The number of aromatic nitrogens is 1. The Balaban J connectivity index is 1.86. The Hall–Kier alpha value is -2.81. The summed E-state index contributed by atoms with van der Waals surface area (Å²) in [5.74, 6) is 0.598. The molecule has 2 aliphatic rings. The highest BCUT2D eigenvalue weighted by Gasteiger charge is 2.46. The number of thioether (sulfide) groups is 1. The van der Waals surface area contributed by atoms with Crippen LogP contribution in [0.25, 0.3) is 0 Å². The van der Waals surface area contributed by atoms with E-state index in [1.54, 1.807) is 30.9 Å². The number of benzene rings is 1. The molecule has 1 saturated heterocycles. The molecular weight excluding hydrogens is 392 g/mol. The third-order valence-corrected chi connectivity index (χ3v) is 6.37. The van der Waals surface area contributed by atoms with E-state index in [0.717, 1.165) is 23.0 Å². The summed E-state index contributed by atoms with van der Waals surface area (Å²) in [7, 11) is 0. The van der Waals surface area contributed by atoms with Crippen LogP contribution in [-0.4, -0.2) is 43.5 Å². The van der Waals surface area contributed by atoms with E-state index in [9.17, 15) is 15.2 Å². The number of aliphatic imine (C=N–C) groups is 1. The zero-order valence-electron chi connectivity index (χ0n) is 16.2. The van der Waals surface area contributed by atoms with Gasteiger partial charge in [0.1, 0.15) is 6.04 Å². The molecule has 29 heavy (non-hydrogen) atoms. The molecule has 0 saturated carbocycles. The van der Waals surface area contributed by atoms with Gasteiger partial charge >= 0.3 is 5.69 Å². The Morgan fingerprint density at radius 3 is 2.86 bits per heavy atom. The molecular formula is C20H22N4O4S. The van der Waals surface area contributed by atoms with Gasteiger partial charge in [-0.05, 0) is 37.1 Å². The number of amidine groups is 1. The molecule has 2 aromatic rings. The lowest BCUT2D eigenvalue weighted by atomic mass is 9.94. The lowest BCUT2D eigenvalue weighted by molar-refractivity contribution is -0.386. The van der Waals surface area contributed by atoms with Crippen LogP contribution in [0.3, 0.4) is 0 Å². The van der Waals surface area contributed by atoms with E-state index >= 15 is 0 Å². The number of nitro groups is 1. The van der Waals surface area contributed by atoms with Crippen molar-refractivity contribution in [2.24, 2.45) is 4.99 Å². The molecule has 152 valence electrons. The minimum Gasteiger partial charge on any atom is -0.500 e. The molecule has 8 nitrogen and oxygen atoms in total. The van der Waals surface area contributed by atoms with Crippen molar-refractivity contribution < 1.29 is 14.8 Å². The topological polar surface area (TPSA) is 101 Å². The van der Waals surface area contributed by atoms with E-state index in [2.05, 4.69) is 16.8 Å². The van der Waals surface area contributed by atoms with E-state index in [1.807, 2.05) is 18.2 Å². The van der Waals surface area contributed by atoms with Crippen molar-refractivity contribution in [1.29, 1.82) is 0 Å². The molecule has 0 radical (unpaired) electrons. The molecule has 0 aliphatic carbocycles. The highest BCUT2D eigenvalue weighted by Crippen LogP contribution is 2.50. The first-order valence-corrected chi connectivity index (χ1v) is 10.6. The minimum atomic E-state index is -0.579. The summed E-state index contributed by atoms with van der Waals surface area (Å²) in [4.78, 5) is 22.7. The van der Waals surface area contributed by atoms with Crippen molar-refractivity contribution in [1.82, 2.24) is 9.88 Å². The van der Waals surface area contributed by atoms with Crippen LogP contribution in [0.1, 0.15) is 43.6 Å². The molecule has 2 aliphatic heterocycles. The van der Waals surface area contributed by atoms with E-state index in [-0.39, 0.29) is 29.6 Å². The van der Waals surface area contributed by atoms with Gasteiger partial charge in [0, 0.05) is 24.1 Å². The van der Waals surface area contributed by atoms with Gasteiger partial charge in [-0.2, -0.15) is 0 Å². The van der Waals surface area contributed by atoms with Gasteiger partial charge in [-0.3, -0.25) is 20.1 Å². The summed E-state index contributed by atoms with van der Waals surface area (Å²) in [5.41, 5.74) is 1.14. The van der Waals surface area contributed by atoms with Crippen LogP contribution in [0.5, 0.6) is 11.5 Å². The van der Waals surface area contributed by atoms with Crippen molar-refractivity contribution in [2.45, 2.75) is 38.4 Å². The van der Waals surface area contributed by atoms with Crippen LogP contribution in [0.2, 0.25) is 0 Å². The average molecular weight is 414 g/mol. The van der Waals surface area contributed by atoms with Crippen molar-refractivity contribution in [3.63, 3.8) is 0 Å². The van der Waals surface area contributed by atoms with Gasteiger partial charge in [-0.25, -0.2) is 0 Å². The number of fused-ring (bicyclic) bond motifs is 1. The van der Waals surface area contributed by atoms with Crippen molar-refractivity contribution in [3.8, 4) is 11.5 Å². The zero-order chi connectivity index (χ0) is 20.5. The smallest absolute Gasteiger partial charge is 0.315 e. The Labute approximate surface area is 172 Å². The second kappa shape index (κ2) is 7.90. The third kappa shape index (κ3) is 3.39. The van der Waals surface area contributed by atoms with Crippen LogP contribution < -0.4 is 4.74 Å². The van der Waals surface area contributed by atoms with Gasteiger partial charge in [0.2, 0.25) is 5.75 Å². The number of nitro benzene ring substituents is 1. The van der Waals surface area contributed by atoms with E-state index in [4.69, 9.17) is 9.73 Å². The SMILES string of the molecule is CCOc1cc(C2C(c3ccccn3)N=C3SCC(CC)N32)cc([N+](=O)[O-])c1O. The van der Waals surface area contributed by atoms with Crippen LogP contribution in [-0.2, 0) is 0 Å². The minimum absolute atomic E-state index is 0.116. The molecule has 1 aromatic carbocycles. The maximum Gasteiger partial charge on any atom is 0.315 e. The fourth-order valence-electron chi connectivity index (χ4n) is 3.90. The van der Waals surface area contributed by atoms with Gasteiger partial charge in [0.15, 0.2) is 10.9 Å². The van der Waals surface area contributed by atoms with Crippen LogP contribution >= 0.6 is 11.8 Å². The molecule has 4 rings (SSSR count). The maximum atomic E-state index is 11.6. The second-order valence-corrected chi connectivity index (χ2v) is 7.90. The number of nitrogens with zero attached hydrogens (tertiary/aromatic N) is 4. The van der Waals surface area contributed by atoms with Gasteiger partial charge in [0.05, 0.1) is 23.3 Å². The molecule has 0 spiro atoms. The number of rotatable bonds is 6. The monoisotopic (exact) mass is 414 g/mol. The van der Waals surface area contributed by atoms with Crippen LogP contribution in [0.15, 0.2) is 41.5 Å². The number of phenolic OH excluding ortho intramolecular Hbond substituents is 1. The van der Waals surface area contributed by atoms with Crippen molar-refractivity contribution in [3.05, 3.63) is 57.9 Å². The summed E-state index contributed by atoms with van der Waals surface area (Å²) >= 11 is 1.70. The average Bonchev–Trinajstić information content (AvgIpc) is 3.29. The Bertz CT molecular complexity index is 953. The number of hydrogen-bond donors (Lipinski definition) is 1. The predicted molar refractivity (Wildman–Crippen MR) is 111 cm³/mol. The number of ether oxygens (including phenoxy) is 1. The summed E-state index contributed by atoms with van der Waals surface area (Å²) in [6.45, 7) is 4.20. The summed E-state index contributed by atoms with van der Waals surface area (Å²) in [6.07, 6.45) is 2.67. The third-order valence-electron chi connectivity index (χ3n) is 5.24. The summed E-state index contributed by atoms with van der Waals surface area (Å²) in [6, 6.07) is 8.56. The molecule has 0 bridgehead atoms. The van der Waals surface area contributed by atoms with Crippen molar-refractivity contribution in [2.75, 3.05) is 12.4 Å². The van der Waals surface area contributed by atoms with Gasteiger partial charge in [0.25, 0.3) is 0 Å². The van der Waals surface area contributed by atoms with Gasteiger partial charge < -0.3 is 14.7 Å². The zero-order valence-corrected chi connectivity index (χ0v) is 17.0. The maximum absolute atomic E-state index is 11.6. The molecule has 3 atom stereocenters. The Morgan fingerprint density at radius 2 is 2.21 bits per heavy atom. The first-order chi connectivity index (χ1) is 14.0. The summed E-state index contributed by atoms with van der Waals surface area (Å²) < 4.78 is 5.50. The highest BCUT2D eigenvalue weighted by molar-refractivity contribution is 8.14. The highest BCUT2D eigenvalue weighted by atomic mass is 32.2. The molecule has 1 fully saturated rings. The fourth-order valence-corrected chi connectivity index (χ4v) is 5.24.